The lowest BCUT2D eigenvalue weighted by molar-refractivity contribution is -0.152. The molecule has 24 heavy (non-hydrogen) atoms. The van der Waals surface area contributed by atoms with Crippen LogP contribution in [0.5, 0.6) is 0 Å². The summed E-state index contributed by atoms with van der Waals surface area (Å²) in [6.45, 7) is 3.34. The van der Waals surface area contributed by atoms with Gasteiger partial charge in [-0.2, -0.15) is 0 Å². The van der Waals surface area contributed by atoms with Gasteiger partial charge in [0.15, 0.2) is 11.9 Å². The number of likely N-dealkylation sites (N-methyl/N-ethyl adjacent to an activating group) is 1. The molecule has 1 amide bonds. The summed E-state index contributed by atoms with van der Waals surface area (Å²) in [5, 5.41) is 20.8. The van der Waals surface area contributed by atoms with Crippen LogP contribution in [0, 0.1) is 5.41 Å². The number of esters is 1. The van der Waals surface area contributed by atoms with Gasteiger partial charge < -0.3 is 25.5 Å². The number of hydrogen-bond acceptors (Lipinski definition) is 8. The number of aliphatic hydroxyl groups is 1. The molecule has 0 saturated carbocycles. The Balaban J connectivity index is 2.71. The van der Waals surface area contributed by atoms with Crippen LogP contribution < -0.4 is 5.32 Å². The van der Waals surface area contributed by atoms with E-state index in [9.17, 15) is 19.5 Å². The van der Waals surface area contributed by atoms with Crippen molar-refractivity contribution in [2.24, 2.45) is 0 Å². The lowest BCUT2D eigenvalue weighted by Crippen LogP contribution is -2.51. The van der Waals surface area contributed by atoms with E-state index in [1.54, 1.807) is 37.4 Å². The minimum Gasteiger partial charge on any atom is -0.461 e. The molecule has 1 aliphatic rings. The van der Waals surface area contributed by atoms with Crippen LogP contribution >= 0.6 is 11.8 Å². The number of amides is 1. The van der Waals surface area contributed by atoms with Gasteiger partial charge in [-0.1, -0.05) is 0 Å². The number of nitrogens with one attached hydrogen (secondary N) is 2. The van der Waals surface area contributed by atoms with Gasteiger partial charge in [-0.3, -0.25) is 9.59 Å². The first-order valence-electron chi connectivity index (χ1n) is 7.52. The van der Waals surface area contributed by atoms with Crippen molar-refractivity contribution in [3.63, 3.8) is 0 Å². The van der Waals surface area contributed by atoms with Crippen molar-refractivity contribution >= 4 is 35.6 Å². The molecule has 0 fully saturated rings. The van der Waals surface area contributed by atoms with Crippen LogP contribution in [-0.4, -0.2) is 64.6 Å². The van der Waals surface area contributed by atoms with Gasteiger partial charge in [0, 0.05) is 19.7 Å². The Morgan fingerprint density at radius 2 is 2.12 bits per heavy atom. The second kappa shape index (κ2) is 9.43. The van der Waals surface area contributed by atoms with Gasteiger partial charge in [-0.25, -0.2) is 4.79 Å². The van der Waals surface area contributed by atoms with E-state index in [0.717, 1.165) is 0 Å². The van der Waals surface area contributed by atoms with Crippen molar-refractivity contribution in [2.75, 3.05) is 7.05 Å². The van der Waals surface area contributed by atoms with E-state index in [0.29, 0.717) is 6.21 Å². The average molecular weight is 357 g/mol. The number of nitrogens with zero attached hydrogens (tertiary/aromatic N) is 1. The van der Waals surface area contributed by atoms with E-state index in [-0.39, 0.29) is 18.9 Å². The first-order valence-corrected chi connectivity index (χ1v) is 8.46. The summed E-state index contributed by atoms with van der Waals surface area (Å²) in [6.07, 6.45) is 0.613. The van der Waals surface area contributed by atoms with Crippen molar-refractivity contribution < 1.29 is 24.2 Å². The predicted octanol–water partition coefficient (Wildman–Crippen LogP) is 0.258. The fraction of sp³-hybridized carbons (Fsp3) is 0.600. The van der Waals surface area contributed by atoms with Gasteiger partial charge in [-0.05, 0) is 25.7 Å². The van der Waals surface area contributed by atoms with Gasteiger partial charge in [0.1, 0.15) is 11.4 Å². The molecule has 0 saturated heterocycles. The van der Waals surface area contributed by atoms with Gasteiger partial charge >= 0.3 is 5.97 Å². The summed E-state index contributed by atoms with van der Waals surface area (Å²) >= 11 is 1.29. The molecule has 9 heteroatoms. The van der Waals surface area contributed by atoms with E-state index in [2.05, 4.69) is 5.32 Å². The van der Waals surface area contributed by atoms with Gasteiger partial charge in [0.05, 0.1) is 12.3 Å². The highest BCUT2D eigenvalue weighted by molar-refractivity contribution is 8.03. The third kappa shape index (κ3) is 5.97. The number of carbonyl (C=O) groups excluding carboxylic acids is 3. The topological polar surface area (TPSA) is 120 Å². The average Bonchev–Trinajstić information content (AvgIpc) is 2.95. The maximum absolute atomic E-state index is 12.2. The summed E-state index contributed by atoms with van der Waals surface area (Å²) in [6, 6.07) is -1.05. The van der Waals surface area contributed by atoms with Crippen LogP contribution in [0.3, 0.4) is 0 Å². The first kappa shape index (κ1) is 20.2. The zero-order valence-electron chi connectivity index (χ0n) is 13.9. The van der Waals surface area contributed by atoms with E-state index in [1.165, 1.54) is 11.8 Å². The monoisotopic (exact) mass is 357 g/mol. The molecule has 0 spiro atoms. The van der Waals surface area contributed by atoms with Crippen molar-refractivity contribution in [3.8, 4) is 0 Å². The third-order valence-electron chi connectivity index (χ3n) is 3.25. The quantitative estimate of drug-likeness (QED) is 0.400. The fourth-order valence-electron chi connectivity index (χ4n) is 2.00. The molecule has 0 aromatic carbocycles. The minimum atomic E-state index is -1.34. The molecule has 0 aliphatic carbocycles. The Hall–Kier alpha value is -1.87. The molecule has 1 heterocycles. The summed E-state index contributed by atoms with van der Waals surface area (Å²) in [4.78, 5) is 37.3. The molecule has 0 bridgehead atoms. The number of ketones is 1. The summed E-state index contributed by atoms with van der Waals surface area (Å²) in [7, 11) is 1.73. The first-order chi connectivity index (χ1) is 11.3. The molecular formula is C15H23N3O5S. The van der Waals surface area contributed by atoms with Crippen LogP contribution in [0.25, 0.3) is 0 Å². The molecule has 1 unspecified atom stereocenters. The number of hydrogen-bond donors (Lipinski definition) is 3. The zero-order valence-corrected chi connectivity index (χ0v) is 14.7. The lowest BCUT2D eigenvalue weighted by atomic mass is 10.1. The Bertz CT molecular complexity index is 523. The standard InChI is InChI=1S/C15H23N3O5S/c1-9(2)23-15(22)11(5-4-10(19)8-16)17-13(21)12(20)14-18(3)6-7-24-14/h6-9,11-12,14,16,20H,4-5H2,1-3H3,(H,17,21)/t11-,12-,14?/m0/s1. The number of aliphatic hydroxyl groups excluding tert-OH is 1. The van der Waals surface area contributed by atoms with Crippen LogP contribution in [0.2, 0.25) is 0 Å². The molecular weight excluding hydrogens is 334 g/mol. The second-order valence-electron chi connectivity index (χ2n) is 5.62. The Morgan fingerprint density at radius 1 is 1.46 bits per heavy atom. The van der Waals surface area contributed by atoms with Crippen LogP contribution in [0.4, 0.5) is 0 Å². The smallest absolute Gasteiger partial charge is 0.328 e. The molecule has 3 atom stereocenters. The number of ether oxygens (including phenoxy) is 1. The lowest BCUT2D eigenvalue weighted by Gasteiger charge is -2.26. The molecule has 1 aliphatic heterocycles. The summed E-state index contributed by atoms with van der Waals surface area (Å²) in [5.41, 5.74) is 0. The largest absolute Gasteiger partial charge is 0.461 e. The number of carbonyl (C=O) groups is 3. The Labute approximate surface area is 145 Å². The number of thioether (sulfide) groups is 1. The Morgan fingerprint density at radius 3 is 2.62 bits per heavy atom. The zero-order chi connectivity index (χ0) is 18.3. The SMILES string of the molecule is CC(C)OC(=O)[C@H](CCC(=O)C=N)NC(=O)[C@H](O)C1SC=CN1C. The number of Topliss-reactive ketones (excluding diaryl/α,β-unsaturated/α-hetero) is 1. The van der Waals surface area contributed by atoms with Crippen LogP contribution in [0.15, 0.2) is 11.6 Å². The minimum absolute atomic E-state index is 0.00409. The molecule has 1 rings (SSSR count). The highest BCUT2D eigenvalue weighted by atomic mass is 32.2. The van der Waals surface area contributed by atoms with E-state index >= 15 is 0 Å². The van der Waals surface area contributed by atoms with Crippen LogP contribution in [-0.2, 0) is 19.1 Å². The van der Waals surface area contributed by atoms with Crippen molar-refractivity contribution in [2.45, 2.75) is 50.3 Å². The summed E-state index contributed by atoms with van der Waals surface area (Å²) < 4.78 is 5.07. The fourth-order valence-corrected chi connectivity index (χ4v) is 2.96. The Kier molecular flexibility index (Phi) is 7.93. The molecule has 0 radical (unpaired) electrons. The highest BCUT2D eigenvalue weighted by Crippen LogP contribution is 2.26. The van der Waals surface area contributed by atoms with Gasteiger partial charge in [0.25, 0.3) is 5.91 Å². The van der Waals surface area contributed by atoms with E-state index in [4.69, 9.17) is 10.1 Å². The molecule has 0 aromatic heterocycles. The van der Waals surface area contributed by atoms with Crippen molar-refractivity contribution in [1.29, 1.82) is 5.41 Å². The van der Waals surface area contributed by atoms with Crippen molar-refractivity contribution in [3.05, 3.63) is 11.6 Å². The van der Waals surface area contributed by atoms with Gasteiger partial charge in [-0.15, -0.1) is 11.8 Å². The maximum Gasteiger partial charge on any atom is 0.328 e. The molecule has 3 N–H and O–H groups in total. The van der Waals surface area contributed by atoms with Crippen molar-refractivity contribution in [1.82, 2.24) is 10.2 Å². The molecule has 8 nitrogen and oxygen atoms in total. The normalized spacial score (nSPS) is 19.0. The third-order valence-corrected chi connectivity index (χ3v) is 4.40. The summed E-state index contributed by atoms with van der Waals surface area (Å²) in [5.74, 6) is -1.84. The van der Waals surface area contributed by atoms with Gasteiger partial charge in [0.2, 0.25) is 0 Å². The van der Waals surface area contributed by atoms with E-state index < -0.39 is 35.2 Å². The second-order valence-corrected chi connectivity index (χ2v) is 6.65. The van der Waals surface area contributed by atoms with Crippen LogP contribution in [0.1, 0.15) is 26.7 Å². The molecule has 0 aromatic rings. The number of rotatable bonds is 9. The maximum atomic E-state index is 12.2. The predicted molar refractivity (Wildman–Crippen MR) is 90.5 cm³/mol. The van der Waals surface area contributed by atoms with E-state index in [1.807, 2.05) is 0 Å². The highest BCUT2D eigenvalue weighted by Gasteiger charge is 2.33. The molecule has 134 valence electrons.